The van der Waals surface area contributed by atoms with Gasteiger partial charge in [-0.1, -0.05) is 6.07 Å². The first-order chi connectivity index (χ1) is 8.17. The molecule has 92 valence electrons. The highest BCUT2D eigenvalue weighted by molar-refractivity contribution is 6.00. The number of nitrogen functional groups attached to an aromatic ring is 1. The lowest BCUT2D eigenvalue weighted by Gasteiger charge is -2.38. The number of para-hydroxylation sites is 1. The first-order valence-electron chi connectivity index (χ1n) is 5.50. The van der Waals surface area contributed by atoms with Crippen molar-refractivity contribution in [2.45, 2.75) is 0 Å². The third-order valence-electron chi connectivity index (χ3n) is 3.02. The molecule has 0 aliphatic carbocycles. The molecule has 1 aliphatic heterocycles. The molecule has 0 unspecified atom stereocenters. The molecule has 1 fully saturated rings. The summed E-state index contributed by atoms with van der Waals surface area (Å²) in [6.07, 6.45) is 0. The summed E-state index contributed by atoms with van der Waals surface area (Å²) in [6, 6.07) is 5.15. The molecule has 1 saturated heterocycles. The Kier molecular flexibility index (Phi) is 3.19. The van der Waals surface area contributed by atoms with Gasteiger partial charge in [0.25, 0.3) is 5.91 Å². The van der Waals surface area contributed by atoms with E-state index in [4.69, 9.17) is 15.6 Å². The van der Waals surface area contributed by atoms with Crippen LogP contribution < -0.4 is 10.5 Å². The third kappa shape index (κ3) is 2.06. The molecule has 2 rings (SSSR count). The van der Waals surface area contributed by atoms with Crippen molar-refractivity contribution in [3.8, 4) is 5.75 Å². The molecule has 1 aliphatic rings. The Morgan fingerprint density at radius 2 is 2.29 bits per heavy atom. The summed E-state index contributed by atoms with van der Waals surface area (Å²) >= 11 is 0. The second-order valence-electron chi connectivity index (χ2n) is 4.18. The van der Waals surface area contributed by atoms with E-state index in [1.165, 1.54) is 7.11 Å². The van der Waals surface area contributed by atoms with Gasteiger partial charge in [0.1, 0.15) is 5.75 Å². The Balaban J connectivity index is 2.15. The number of amides is 1. The number of aliphatic hydroxyl groups excluding tert-OH is 1. The van der Waals surface area contributed by atoms with E-state index >= 15 is 0 Å². The molecule has 1 amide bonds. The molecule has 1 heterocycles. The van der Waals surface area contributed by atoms with Gasteiger partial charge < -0.3 is 20.5 Å². The number of ether oxygens (including phenoxy) is 1. The first-order valence-corrected chi connectivity index (χ1v) is 5.50. The summed E-state index contributed by atoms with van der Waals surface area (Å²) in [5.74, 6) is 0.604. The van der Waals surface area contributed by atoms with Crippen molar-refractivity contribution in [2.24, 2.45) is 5.92 Å². The number of carbonyl (C=O) groups is 1. The van der Waals surface area contributed by atoms with Gasteiger partial charge in [0, 0.05) is 25.6 Å². The van der Waals surface area contributed by atoms with E-state index in [-0.39, 0.29) is 18.4 Å². The van der Waals surface area contributed by atoms with Gasteiger partial charge >= 0.3 is 0 Å². The highest BCUT2D eigenvalue weighted by atomic mass is 16.5. The molecular weight excluding hydrogens is 220 g/mol. The monoisotopic (exact) mass is 236 g/mol. The van der Waals surface area contributed by atoms with Gasteiger partial charge in [-0.25, -0.2) is 0 Å². The number of hydrogen-bond acceptors (Lipinski definition) is 4. The van der Waals surface area contributed by atoms with Crippen LogP contribution in [-0.4, -0.2) is 42.7 Å². The summed E-state index contributed by atoms with van der Waals surface area (Å²) in [5, 5.41) is 8.91. The predicted octanol–water partition coefficient (Wildman–Crippen LogP) is 0.342. The minimum Gasteiger partial charge on any atom is -0.495 e. The van der Waals surface area contributed by atoms with Crippen LogP contribution in [-0.2, 0) is 0 Å². The van der Waals surface area contributed by atoms with Gasteiger partial charge in [0.2, 0.25) is 0 Å². The quantitative estimate of drug-likeness (QED) is 0.742. The average Bonchev–Trinajstić information content (AvgIpc) is 2.27. The van der Waals surface area contributed by atoms with Gasteiger partial charge in [0.15, 0.2) is 0 Å². The zero-order valence-electron chi connectivity index (χ0n) is 9.72. The highest BCUT2D eigenvalue weighted by Gasteiger charge is 2.31. The number of methoxy groups -OCH3 is 1. The summed E-state index contributed by atoms with van der Waals surface area (Å²) < 4.78 is 5.07. The van der Waals surface area contributed by atoms with Crippen LogP contribution in [0.25, 0.3) is 0 Å². The van der Waals surface area contributed by atoms with Gasteiger partial charge in [-0.3, -0.25) is 4.79 Å². The van der Waals surface area contributed by atoms with Crippen LogP contribution in [0.5, 0.6) is 5.75 Å². The van der Waals surface area contributed by atoms with Crippen LogP contribution in [0, 0.1) is 5.92 Å². The molecule has 5 heteroatoms. The molecular formula is C12H16N2O3. The van der Waals surface area contributed by atoms with Gasteiger partial charge in [0.05, 0.1) is 18.4 Å². The van der Waals surface area contributed by atoms with Crippen LogP contribution in [0.4, 0.5) is 5.69 Å². The molecule has 0 atom stereocenters. The Morgan fingerprint density at radius 1 is 1.59 bits per heavy atom. The van der Waals surface area contributed by atoms with Crippen LogP contribution in [0.15, 0.2) is 18.2 Å². The van der Waals surface area contributed by atoms with Crippen molar-refractivity contribution in [3.05, 3.63) is 23.8 Å². The summed E-state index contributed by atoms with van der Waals surface area (Å²) in [6.45, 7) is 1.30. The van der Waals surface area contributed by atoms with E-state index in [0.29, 0.717) is 30.1 Å². The van der Waals surface area contributed by atoms with E-state index in [9.17, 15) is 4.79 Å². The lowest BCUT2D eigenvalue weighted by molar-refractivity contribution is 0.0363. The van der Waals surface area contributed by atoms with E-state index in [2.05, 4.69) is 0 Å². The van der Waals surface area contributed by atoms with Crippen molar-refractivity contribution >= 4 is 11.6 Å². The number of aliphatic hydroxyl groups is 1. The number of likely N-dealkylation sites (tertiary alicyclic amines) is 1. The Labute approximate surface area is 99.8 Å². The van der Waals surface area contributed by atoms with Gasteiger partial charge in [-0.2, -0.15) is 0 Å². The maximum absolute atomic E-state index is 12.1. The van der Waals surface area contributed by atoms with E-state index in [1.54, 1.807) is 23.1 Å². The fourth-order valence-electron chi connectivity index (χ4n) is 1.93. The number of nitrogens with zero attached hydrogens (tertiary/aromatic N) is 1. The fourth-order valence-corrected chi connectivity index (χ4v) is 1.93. The Morgan fingerprint density at radius 3 is 2.88 bits per heavy atom. The number of anilines is 1. The largest absolute Gasteiger partial charge is 0.495 e. The molecule has 17 heavy (non-hydrogen) atoms. The molecule has 0 saturated carbocycles. The number of nitrogens with two attached hydrogens (primary N) is 1. The SMILES string of the molecule is COc1cccc(C(=O)N2CC(CO)C2)c1N. The van der Waals surface area contributed by atoms with Crippen molar-refractivity contribution in [2.75, 3.05) is 32.5 Å². The maximum Gasteiger partial charge on any atom is 0.256 e. The van der Waals surface area contributed by atoms with E-state index < -0.39 is 0 Å². The summed E-state index contributed by atoms with van der Waals surface area (Å²) in [4.78, 5) is 13.8. The average molecular weight is 236 g/mol. The molecule has 0 aromatic heterocycles. The number of benzene rings is 1. The maximum atomic E-state index is 12.1. The summed E-state index contributed by atoms with van der Waals surface area (Å²) in [5.41, 5.74) is 6.68. The molecule has 0 bridgehead atoms. The Bertz CT molecular complexity index is 428. The number of carbonyl (C=O) groups excluding carboxylic acids is 1. The zero-order chi connectivity index (χ0) is 12.4. The molecule has 5 nitrogen and oxygen atoms in total. The third-order valence-corrected chi connectivity index (χ3v) is 3.02. The van der Waals surface area contributed by atoms with E-state index in [1.807, 2.05) is 0 Å². The van der Waals surface area contributed by atoms with Crippen LogP contribution >= 0.6 is 0 Å². The van der Waals surface area contributed by atoms with Gasteiger partial charge in [-0.05, 0) is 12.1 Å². The normalized spacial score (nSPS) is 15.5. The molecule has 1 aromatic rings. The summed E-state index contributed by atoms with van der Waals surface area (Å²) in [7, 11) is 1.52. The first kappa shape index (κ1) is 11.7. The molecule has 1 aromatic carbocycles. The standard InChI is InChI=1S/C12H16N2O3/c1-17-10-4-2-3-9(11(10)13)12(16)14-5-8(6-14)7-15/h2-4,8,15H,5-7,13H2,1H3. The minimum absolute atomic E-state index is 0.105. The molecule has 0 radical (unpaired) electrons. The zero-order valence-corrected chi connectivity index (χ0v) is 9.72. The van der Waals surface area contributed by atoms with Crippen LogP contribution in [0.1, 0.15) is 10.4 Å². The smallest absolute Gasteiger partial charge is 0.256 e. The second-order valence-corrected chi connectivity index (χ2v) is 4.18. The van der Waals surface area contributed by atoms with Crippen molar-refractivity contribution in [1.82, 2.24) is 4.90 Å². The van der Waals surface area contributed by atoms with E-state index in [0.717, 1.165) is 0 Å². The number of rotatable bonds is 3. The van der Waals surface area contributed by atoms with Crippen molar-refractivity contribution in [3.63, 3.8) is 0 Å². The lowest BCUT2D eigenvalue weighted by atomic mass is 9.99. The number of hydrogen-bond donors (Lipinski definition) is 2. The Hall–Kier alpha value is -1.75. The molecule has 0 spiro atoms. The van der Waals surface area contributed by atoms with Crippen LogP contribution in [0.3, 0.4) is 0 Å². The van der Waals surface area contributed by atoms with Crippen molar-refractivity contribution < 1.29 is 14.6 Å². The minimum atomic E-state index is -0.105. The topological polar surface area (TPSA) is 75.8 Å². The highest BCUT2D eigenvalue weighted by Crippen LogP contribution is 2.27. The second kappa shape index (κ2) is 4.63. The predicted molar refractivity (Wildman–Crippen MR) is 63.9 cm³/mol. The van der Waals surface area contributed by atoms with Crippen LogP contribution in [0.2, 0.25) is 0 Å². The lowest BCUT2D eigenvalue weighted by Crippen LogP contribution is -2.51. The van der Waals surface area contributed by atoms with Crippen molar-refractivity contribution in [1.29, 1.82) is 0 Å². The fraction of sp³-hybridized carbons (Fsp3) is 0.417. The molecule has 3 N–H and O–H groups in total. The van der Waals surface area contributed by atoms with Gasteiger partial charge in [-0.15, -0.1) is 0 Å².